The molecule has 3 heterocycles. The van der Waals surface area contributed by atoms with Crippen LogP contribution in [-0.4, -0.2) is 52.1 Å². The van der Waals surface area contributed by atoms with Gasteiger partial charge in [-0.15, -0.1) is 11.3 Å². The minimum atomic E-state index is -1.15. The smallest absolute Gasteiger partial charge is 0.310 e. The molecule has 0 radical (unpaired) electrons. The van der Waals surface area contributed by atoms with Crippen molar-refractivity contribution in [2.75, 3.05) is 25.5 Å². The monoisotopic (exact) mass is 504 g/mol. The van der Waals surface area contributed by atoms with E-state index in [9.17, 15) is 19.1 Å². The first-order valence-corrected chi connectivity index (χ1v) is 11.8. The number of aromatic nitrogens is 2. The molecule has 0 saturated carbocycles. The van der Waals surface area contributed by atoms with E-state index in [0.29, 0.717) is 22.4 Å². The van der Waals surface area contributed by atoms with Crippen LogP contribution < -0.4 is 10.1 Å². The van der Waals surface area contributed by atoms with E-state index in [0.717, 1.165) is 0 Å². The van der Waals surface area contributed by atoms with Gasteiger partial charge in [-0.05, 0) is 37.1 Å². The maximum atomic E-state index is 14.3. The van der Waals surface area contributed by atoms with Crippen LogP contribution in [0.25, 0.3) is 0 Å². The Labute approximate surface area is 204 Å². The maximum absolute atomic E-state index is 14.3. The molecule has 0 bridgehead atoms. The Bertz CT molecular complexity index is 1200. The molecular formula is C23H22ClFN4O4S. The molecule has 4 rings (SSSR count). The third kappa shape index (κ3) is 4.83. The van der Waals surface area contributed by atoms with Crippen molar-refractivity contribution < 1.29 is 23.8 Å². The lowest BCUT2D eigenvalue weighted by atomic mass is 9.74. The van der Waals surface area contributed by atoms with Crippen LogP contribution in [0.3, 0.4) is 0 Å². The van der Waals surface area contributed by atoms with Gasteiger partial charge in [-0.25, -0.2) is 14.4 Å². The Hall–Kier alpha value is -3.24. The molecule has 11 heteroatoms. The molecule has 0 unspecified atom stereocenters. The summed E-state index contributed by atoms with van der Waals surface area (Å²) in [5.41, 5.74) is -0.782. The molecule has 178 valence electrons. The topological polar surface area (TPSA) is 105 Å². The van der Waals surface area contributed by atoms with Gasteiger partial charge in [0, 0.05) is 31.1 Å². The fourth-order valence-corrected chi connectivity index (χ4v) is 4.74. The van der Waals surface area contributed by atoms with Gasteiger partial charge in [-0.1, -0.05) is 17.7 Å². The lowest BCUT2D eigenvalue weighted by Crippen LogP contribution is -2.48. The number of anilines is 2. The summed E-state index contributed by atoms with van der Waals surface area (Å²) < 4.78 is 19.8. The average molecular weight is 505 g/mol. The highest BCUT2D eigenvalue weighted by molar-refractivity contribution is 7.13. The number of amides is 1. The number of carbonyl (C=O) groups is 2. The van der Waals surface area contributed by atoms with Gasteiger partial charge in [0.15, 0.2) is 10.9 Å². The van der Waals surface area contributed by atoms with Crippen molar-refractivity contribution in [1.29, 1.82) is 0 Å². The molecule has 34 heavy (non-hydrogen) atoms. The summed E-state index contributed by atoms with van der Waals surface area (Å²) in [4.78, 5) is 35.5. The number of hydrogen-bond donors (Lipinski definition) is 2. The van der Waals surface area contributed by atoms with E-state index < -0.39 is 23.1 Å². The second kappa shape index (κ2) is 9.94. The number of likely N-dealkylation sites (tertiary alicyclic amines) is 1. The first-order chi connectivity index (χ1) is 16.3. The molecule has 0 atom stereocenters. The van der Waals surface area contributed by atoms with Crippen LogP contribution in [0, 0.1) is 11.2 Å². The Morgan fingerprint density at radius 2 is 2.06 bits per heavy atom. The zero-order valence-electron chi connectivity index (χ0n) is 18.3. The van der Waals surface area contributed by atoms with E-state index >= 15 is 0 Å². The average Bonchev–Trinajstić information content (AvgIpc) is 3.34. The number of thiazole rings is 1. The fourth-order valence-electron chi connectivity index (χ4n) is 4.03. The van der Waals surface area contributed by atoms with Crippen LogP contribution in [0.15, 0.2) is 41.9 Å². The molecule has 1 saturated heterocycles. The number of ether oxygens (including phenoxy) is 1. The molecule has 1 aliphatic rings. The summed E-state index contributed by atoms with van der Waals surface area (Å²) in [6.07, 6.45) is 2.16. The number of carbonyl (C=O) groups excluding carboxylic acids is 1. The second-order valence-corrected chi connectivity index (χ2v) is 9.27. The van der Waals surface area contributed by atoms with Gasteiger partial charge >= 0.3 is 5.97 Å². The summed E-state index contributed by atoms with van der Waals surface area (Å²) in [7, 11) is 1.50. The highest BCUT2D eigenvalue weighted by Crippen LogP contribution is 2.38. The van der Waals surface area contributed by atoms with Gasteiger partial charge in [-0.3, -0.25) is 9.59 Å². The fraction of sp³-hybridized carbons (Fsp3) is 0.304. The predicted molar refractivity (Wildman–Crippen MR) is 127 cm³/mol. The molecule has 1 aromatic carbocycles. The van der Waals surface area contributed by atoms with Crippen molar-refractivity contribution in [3.63, 3.8) is 0 Å². The summed E-state index contributed by atoms with van der Waals surface area (Å²) in [6.45, 7) is 0.326. The molecular weight excluding hydrogens is 483 g/mol. The Morgan fingerprint density at radius 3 is 2.71 bits per heavy atom. The normalized spacial score (nSPS) is 15.1. The van der Waals surface area contributed by atoms with Gasteiger partial charge in [0.2, 0.25) is 0 Å². The zero-order valence-corrected chi connectivity index (χ0v) is 19.8. The Morgan fingerprint density at radius 1 is 1.29 bits per heavy atom. The lowest BCUT2D eigenvalue weighted by Gasteiger charge is -2.39. The molecule has 1 aliphatic heterocycles. The van der Waals surface area contributed by atoms with Gasteiger partial charge in [-0.2, -0.15) is 0 Å². The van der Waals surface area contributed by atoms with Crippen molar-refractivity contribution in [1.82, 2.24) is 14.9 Å². The Kier molecular flexibility index (Phi) is 6.99. The minimum Gasteiger partial charge on any atom is -0.495 e. The zero-order chi connectivity index (χ0) is 24.3. The van der Waals surface area contributed by atoms with Gasteiger partial charge in [0.05, 0.1) is 28.8 Å². The quantitative estimate of drug-likeness (QED) is 0.483. The number of benzene rings is 1. The molecule has 1 fully saturated rings. The summed E-state index contributed by atoms with van der Waals surface area (Å²) in [5, 5.41) is 15.6. The second-order valence-electron chi connectivity index (χ2n) is 7.96. The molecule has 2 N–H and O–H groups in total. The number of piperidine rings is 1. The first kappa shape index (κ1) is 23.9. The van der Waals surface area contributed by atoms with Gasteiger partial charge in [0.1, 0.15) is 11.6 Å². The highest BCUT2D eigenvalue weighted by Gasteiger charge is 2.44. The number of rotatable bonds is 7. The SMILES string of the molecule is COc1ccc(Nc2nccs2)nc1CC1(C(=O)O)CCN(C(=O)c2cccc(Cl)c2F)CC1. The lowest BCUT2D eigenvalue weighted by molar-refractivity contribution is -0.151. The van der Waals surface area contributed by atoms with Crippen LogP contribution in [-0.2, 0) is 11.2 Å². The van der Waals surface area contributed by atoms with Crippen molar-refractivity contribution >= 4 is 45.8 Å². The third-order valence-electron chi connectivity index (χ3n) is 5.97. The maximum Gasteiger partial charge on any atom is 0.310 e. The van der Waals surface area contributed by atoms with Crippen LogP contribution in [0.2, 0.25) is 5.02 Å². The molecule has 8 nitrogen and oxygen atoms in total. The van der Waals surface area contributed by atoms with Crippen molar-refractivity contribution in [2.45, 2.75) is 19.3 Å². The van der Waals surface area contributed by atoms with E-state index in [1.54, 1.807) is 18.3 Å². The number of nitrogens with zero attached hydrogens (tertiary/aromatic N) is 3. The van der Waals surface area contributed by atoms with Crippen LogP contribution in [0.5, 0.6) is 5.75 Å². The molecule has 0 aliphatic carbocycles. The summed E-state index contributed by atoms with van der Waals surface area (Å²) in [6, 6.07) is 7.72. The number of carboxylic acids is 1. The number of nitrogens with one attached hydrogen (secondary N) is 1. The predicted octanol–water partition coefficient (Wildman–Crippen LogP) is 4.63. The number of pyridine rings is 1. The largest absolute Gasteiger partial charge is 0.495 e. The van der Waals surface area contributed by atoms with E-state index in [1.807, 2.05) is 5.38 Å². The number of halogens is 2. The van der Waals surface area contributed by atoms with Gasteiger partial charge < -0.3 is 20.1 Å². The summed E-state index contributed by atoms with van der Waals surface area (Å²) >= 11 is 7.23. The minimum absolute atomic E-state index is 0.118. The van der Waals surface area contributed by atoms with Crippen LogP contribution in [0.1, 0.15) is 28.9 Å². The van der Waals surface area contributed by atoms with E-state index in [2.05, 4.69) is 15.3 Å². The molecule has 1 amide bonds. The van der Waals surface area contributed by atoms with Gasteiger partial charge in [0.25, 0.3) is 5.91 Å². The molecule has 2 aromatic heterocycles. The third-order valence-corrected chi connectivity index (χ3v) is 6.95. The first-order valence-electron chi connectivity index (χ1n) is 10.5. The Balaban J connectivity index is 1.53. The number of aliphatic carboxylic acids is 1. The highest BCUT2D eigenvalue weighted by atomic mass is 35.5. The van der Waals surface area contributed by atoms with E-state index in [-0.39, 0.29) is 42.9 Å². The van der Waals surface area contributed by atoms with E-state index in [1.165, 1.54) is 41.5 Å². The van der Waals surface area contributed by atoms with E-state index in [4.69, 9.17) is 16.3 Å². The van der Waals surface area contributed by atoms with Crippen LogP contribution >= 0.6 is 22.9 Å². The number of hydrogen-bond acceptors (Lipinski definition) is 7. The van der Waals surface area contributed by atoms with Crippen molar-refractivity contribution in [2.24, 2.45) is 5.41 Å². The standard InChI is InChI=1S/C23H22ClFN4O4S/c1-33-17-5-6-18(28-22-26-9-12-34-22)27-16(17)13-23(21(31)32)7-10-29(11-8-23)20(30)14-3-2-4-15(24)19(14)25/h2-6,9,12H,7-8,10-11,13H2,1H3,(H,31,32)(H,26,27,28). The number of carboxylic acid groups (broad SMARTS) is 1. The van der Waals surface area contributed by atoms with Crippen molar-refractivity contribution in [3.05, 3.63) is 64.0 Å². The molecule has 3 aromatic rings. The summed E-state index contributed by atoms with van der Waals surface area (Å²) in [5.74, 6) is -1.26. The van der Waals surface area contributed by atoms with Crippen LogP contribution in [0.4, 0.5) is 15.3 Å². The molecule has 0 spiro atoms. The number of methoxy groups -OCH3 is 1. The van der Waals surface area contributed by atoms with Crippen molar-refractivity contribution in [3.8, 4) is 5.75 Å².